The van der Waals surface area contributed by atoms with E-state index in [2.05, 4.69) is 35.6 Å². The van der Waals surface area contributed by atoms with Gasteiger partial charge in [0.15, 0.2) is 5.82 Å². The van der Waals surface area contributed by atoms with Crippen molar-refractivity contribution in [2.45, 2.75) is 65.3 Å². The molecule has 2 aliphatic heterocycles. The molecule has 0 aliphatic carbocycles. The van der Waals surface area contributed by atoms with Gasteiger partial charge in [-0.25, -0.2) is 9.37 Å². The Kier molecular flexibility index (Phi) is 12.6. The van der Waals surface area contributed by atoms with Gasteiger partial charge in [0, 0.05) is 56.0 Å². The fourth-order valence-electron chi connectivity index (χ4n) is 7.87. The van der Waals surface area contributed by atoms with Crippen molar-refractivity contribution in [1.29, 1.82) is 0 Å². The molecule has 2 aromatic heterocycles. The van der Waals surface area contributed by atoms with Crippen molar-refractivity contribution >= 4 is 40.6 Å². The topological polar surface area (TPSA) is 170 Å². The molecule has 4 atom stereocenters. The number of anilines is 2. The molecule has 13 nitrogen and oxygen atoms in total. The number of β-amino-alcohol motifs (C(OH)–C–C–N with tert-alkyl or cyclic N) is 1. The number of nitrogens with two attached hydrogens (primary N) is 1. The van der Waals surface area contributed by atoms with Crippen LogP contribution in [0.15, 0.2) is 84.4 Å². The molecule has 2 fully saturated rings. The maximum Gasteiger partial charge on any atom is 0.246 e. The van der Waals surface area contributed by atoms with E-state index in [1.807, 2.05) is 88.7 Å². The number of rotatable bonds is 11. The van der Waals surface area contributed by atoms with Crippen LogP contribution in [0, 0.1) is 18.2 Å². The lowest BCUT2D eigenvalue weighted by molar-refractivity contribution is -0.144. The summed E-state index contributed by atoms with van der Waals surface area (Å²) in [7, 11) is 0. The minimum Gasteiger partial charge on any atom is -0.391 e. The monoisotopic (exact) mass is 833 g/mol. The van der Waals surface area contributed by atoms with Gasteiger partial charge in [0.2, 0.25) is 17.7 Å². The molecule has 15 heteroatoms. The van der Waals surface area contributed by atoms with Crippen molar-refractivity contribution in [3.8, 4) is 32.8 Å². The Morgan fingerprint density at radius 1 is 0.933 bits per heavy atom. The summed E-state index contributed by atoms with van der Waals surface area (Å²) < 4.78 is 14.5. The molecule has 0 spiro atoms. The number of nitrogen functional groups attached to an aromatic ring is 1. The summed E-state index contributed by atoms with van der Waals surface area (Å²) in [5, 5.41) is 24.9. The molecule has 60 heavy (non-hydrogen) atoms. The molecule has 3 aromatic carbocycles. The first-order valence-electron chi connectivity index (χ1n) is 20.2. The predicted molar refractivity (Wildman–Crippen MR) is 232 cm³/mol. The summed E-state index contributed by atoms with van der Waals surface area (Å²) >= 11 is 1.58. The highest BCUT2D eigenvalue weighted by molar-refractivity contribution is 7.13. The van der Waals surface area contributed by atoms with Crippen LogP contribution >= 0.6 is 11.3 Å². The van der Waals surface area contributed by atoms with Gasteiger partial charge in [0.1, 0.15) is 17.9 Å². The van der Waals surface area contributed by atoms with E-state index < -0.39 is 29.5 Å². The lowest BCUT2D eigenvalue weighted by Crippen LogP contribution is -2.59. The van der Waals surface area contributed by atoms with Crippen LogP contribution in [0.2, 0.25) is 0 Å². The summed E-state index contributed by atoms with van der Waals surface area (Å²) in [4.78, 5) is 52.6. The Balaban J connectivity index is 0.932. The number of halogens is 1. The number of thiazole rings is 1. The van der Waals surface area contributed by atoms with Crippen LogP contribution in [0.1, 0.15) is 51.4 Å². The van der Waals surface area contributed by atoms with Crippen LogP contribution in [0.5, 0.6) is 0 Å². The van der Waals surface area contributed by atoms with Gasteiger partial charge in [-0.3, -0.25) is 19.3 Å². The normalized spacial score (nSPS) is 18.2. The highest BCUT2D eigenvalue weighted by Crippen LogP contribution is 2.32. The van der Waals surface area contributed by atoms with Crippen molar-refractivity contribution in [1.82, 2.24) is 35.6 Å². The number of likely N-dealkylation sites (tertiary alicyclic amines) is 1. The van der Waals surface area contributed by atoms with Gasteiger partial charge < -0.3 is 31.3 Å². The number of nitrogens with one attached hydrogen (secondary N) is 2. The second kappa shape index (κ2) is 17.8. The van der Waals surface area contributed by atoms with Crippen molar-refractivity contribution in [3.05, 3.63) is 101 Å². The number of nitrogens with zero attached hydrogens (tertiary/aromatic N) is 6. The smallest absolute Gasteiger partial charge is 0.246 e. The van der Waals surface area contributed by atoms with Gasteiger partial charge in [-0.2, -0.15) is 0 Å². The van der Waals surface area contributed by atoms with Gasteiger partial charge in [0.25, 0.3) is 0 Å². The minimum absolute atomic E-state index is 0.00112. The van der Waals surface area contributed by atoms with Crippen molar-refractivity contribution < 1.29 is 23.9 Å². The van der Waals surface area contributed by atoms with Crippen molar-refractivity contribution in [2.75, 3.05) is 49.9 Å². The van der Waals surface area contributed by atoms with Crippen molar-refractivity contribution in [3.63, 3.8) is 0 Å². The quantitative estimate of drug-likeness (QED) is 0.134. The van der Waals surface area contributed by atoms with Crippen LogP contribution in [0.25, 0.3) is 32.8 Å². The Bertz CT molecular complexity index is 2320. The first-order valence-corrected chi connectivity index (χ1v) is 21.1. The van der Waals surface area contributed by atoms with Gasteiger partial charge in [-0.05, 0) is 66.3 Å². The zero-order valence-corrected chi connectivity index (χ0v) is 35.4. The van der Waals surface area contributed by atoms with Crippen LogP contribution in [0.4, 0.5) is 15.9 Å². The molecular weight excluding hydrogens is 782 g/mol. The largest absolute Gasteiger partial charge is 0.391 e. The zero-order chi connectivity index (χ0) is 42.7. The molecule has 2 aliphatic rings. The average molecular weight is 834 g/mol. The van der Waals surface area contributed by atoms with Crippen LogP contribution in [0.3, 0.4) is 0 Å². The van der Waals surface area contributed by atoms with Crippen LogP contribution < -0.4 is 21.3 Å². The summed E-state index contributed by atoms with van der Waals surface area (Å²) in [6, 6.07) is 21.9. The van der Waals surface area contributed by atoms with Crippen molar-refractivity contribution in [2.24, 2.45) is 5.41 Å². The zero-order valence-electron chi connectivity index (χ0n) is 34.6. The van der Waals surface area contributed by atoms with Crippen LogP contribution in [-0.4, -0.2) is 105 Å². The summed E-state index contributed by atoms with van der Waals surface area (Å²) in [5.74, 6) is -1.18. The van der Waals surface area contributed by atoms with E-state index >= 15 is 0 Å². The SMILES string of the molecule is Cc1ncsc1-c1ccc([C@H](C)NC(=O)[C@@H]2C[C@@H](O)CN2C(=O)[C@@H](NC(=O)CN2CCN(c3ccc(-c4cc(-c5ccccc5F)nnc4N)cc3)CC2)C(C)(C)C)cc1. The third-order valence-electron chi connectivity index (χ3n) is 11.3. The lowest BCUT2D eigenvalue weighted by atomic mass is 9.85. The van der Waals surface area contributed by atoms with Gasteiger partial charge >= 0.3 is 0 Å². The summed E-state index contributed by atoms with van der Waals surface area (Å²) in [5.41, 5.74) is 13.5. The molecule has 3 amide bonds. The number of carbonyl (C=O) groups excluding carboxylic acids is 3. The number of benzene rings is 3. The maximum absolute atomic E-state index is 14.5. The molecule has 4 heterocycles. The Morgan fingerprint density at radius 3 is 2.27 bits per heavy atom. The second-order valence-corrected chi connectivity index (χ2v) is 17.6. The number of aliphatic hydroxyl groups excluding tert-OH is 1. The third-order valence-corrected chi connectivity index (χ3v) is 12.3. The maximum atomic E-state index is 14.5. The number of aromatic nitrogens is 3. The summed E-state index contributed by atoms with van der Waals surface area (Å²) in [6.07, 6.45) is -0.758. The summed E-state index contributed by atoms with van der Waals surface area (Å²) in [6.45, 7) is 12.2. The molecule has 5 aromatic rings. The fraction of sp³-hybridized carbons (Fsp3) is 0.378. The molecule has 314 valence electrons. The molecule has 5 N–H and O–H groups in total. The molecule has 0 unspecified atom stereocenters. The number of hydrogen-bond donors (Lipinski definition) is 4. The number of carbonyl (C=O) groups is 3. The first kappa shape index (κ1) is 42.4. The van der Waals surface area contributed by atoms with E-state index in [-0.39, 0.29) is 49.0 Å². The van der Waals surface area contributed by atoms with E-state index in [0.29, 0.717) is 43.0 Å². The molecule has 0 saturated carbocycles. The van der Waals surface area contributed by atoms with Gasteiger partial charge in [0.05, 0.1) is 40.5 Å². The Labute approximate surface area is 353 Å². The molecule has 0 bridgehead atoms. The number of aryl methyl sites for hydroxylation is 1. The Morgan fingerprint density at radius 2 is 1.62 bits per heavy atom. The third kappa shape index (κ3) is 9.48. The highest BCUT2D eigenvalue weighted by atomic mass is 32.1. The molecule has 7 rings (SSSR count). The fourth-order valence-corrected chi connectivity index (χ4v) is 8.69. The second-order valence-electron chi connectivity index (χ2n) is 16.7. The average Bonchev–Trinajstić information content (AvgIpc) is 3.85. The van der Waals surface area contributed by atoms with E-state index in [9.17, 15) is 23.9 Å². The number of aliphatic hydroxyl groups is 1. The number of hydrogen-bond acceptors (Lipinski definition) is 11. The standard InChI is InChI=1S/C45H52FN9O4S/c1-27(29-10-12-31(13-11-29)40-28(2)48-26-60-40)49-43(58)38-22-33(56)24-55(38)44(59)41(45(3,4)5)50-39(57)25-53-18-20-54(21-19-53)32-16-14-30(15-17-32)35-23-37(51-52-42(35)47)34-8-6-7-9-36(34)46/h6-17,23,26-27,33,38,41,56H,18-22,24-25H2,1-5H3,(H2,47,52)(H,49,58)(H,50,57)/t27-,33+,38-,41+/m0/s1. The Hall–Kier alpha value is -5.77. The highest BCUT2D eigenvalue weighted by Gasteiger charge is 2.45. The predicted octanol–water partition coefficient (Wildman–Crippen LogP) is 5.46. The van der Waals surface area contributed by atoms with E-state index in [1.54, 1.807) is 35.6 Å². The van der Waals surface area contributed by atoms with Gasteiger partial charge in [-0.1, -0.05) is 69.3 Å². The number of amides is 3. The van der Waals surface area contributed by atoms with E-state index in [0.717, 1.165) is 32.9 Å². The van der Waals surface area contributed by atoms with E-state index in [4.69, 9.17) is 5.73 Å². The minimum atomic E-state index is -0.919. The first-order chi connectivity index (χ1) is 28.7. The van der Waals surface area contributed by atoms with Crippen LogP contribution in [-0.2, 0) is 14.4 Å². The molecule has 2 saturated heterocycles. The number of piperazine rings is 1. The lowest BCUT2D eigenvalue weighted by Gasteiger charge is -2.37. The molecular formula is C45H52FN9O4S. The molecule has 0 radical (unpaired) electrons. The van der Waals surface area contributed by atoms with E-state index in [1.165, 1.54) is 11.0 Å². The van der Waals surface area contributed by atoms with Gasteiger partial charge in [-0.15, -0.1) is 21.5 Å².